The summed E-state index contributed by atoms with van der Waals surface area (Å²) < 4.78 is 42.2. The Labute approximate surface area is 217 Å². The molecule has 5 N–H and O–H groups in total. The monoisotopic (exact) mass is 533 g/mol. The smallest absolute Gasteiger partial charge is 0.397 e. The molecule has 8 nitrogen and oxygen atoms in total. The van der Waals surface area contributed by atoms with Gasteiger partial charge in [0.05, 0.1) is 28.2 Å². The van der Waals surface area contributed by atoms with Crippen LogP contribution < -0.4 is 21.9 Å². The SMILES string of the molecule is Cc1c(/C(N)=C/N(N)c2cc(C(=O)Nc3cc(CN4CCC4)cc(C(F)(F)F)c3)ccc2Cl)cnn1C. The molecule has 196 valence electrons. The van der Waals surface area contributed by atoms with Crippen LogP contribution in [-0.4, -0.2) is 33.7 Å². The first kappa shape index (κ1) is 26.5. The Hall–Kier alpha value is -3.54. The summed E-state index contributed by atoms with van der Waals surface area (Å²) in [6, 6.07) is 7.96. The van der Waals surface area contributed by atoms with Crippen molar-refractivity contribution >= 4 is 34.6 Å². The molecule has 0 bridgehead atoms. The molecule has 1 aromatic heterocycles. The third kappa shape index (κ3) is 6.07. The molecule has 0 unspecified atom stereocenters. The summed E-state index contributed by atoms with van der Waals surface area (Å²) in [5, 5.41) is 8.15. The van der Waals surface area contributed by atoms with E-state index in [2.05, 4.69) is 10.4 Å². The molecule has 2 heterocycles. The number of nitrogens with two attached hydrogens (primary N) is 2. The molecule has 1 fully saturated rings. The molecule has 4 rings (SSSR count). The molecular formula is C25H27ClF3N7O. The molecular weight excluding hydrogens is 507 g/mol. The number of anilines is 2. The fraction of sp³-hybridized carbons (Fsp3) is 0.280. The normalized spacial score (nSPS) is 14.4. The van der Waals surface area contributed by atoms with Gasteiger partial charge in [0.25, 0.3) is 5.91 Å². The predicted octanol–water partition coefficient (Wildman–Crippen LogP) is 4.50. The van der Waals surface area contributed by atoms with Crippen molar-refractivity contribution in [1.29, 1.82) is 0 Å². The van der Waals surface area contributed by atoms with Crippen molar-refractivity contribution in [3.05, 3.63) is 81.8 Å². The van der Waals surface area contributed by atoms with Crippen LogP contribution in [0.3, 0.4) is 0 Å². The van der Waals surface area contributed by atoms with Crippen molar-refractivity contribution in [1.82, 2.24) is 14.7 Å². The number of alkyl halides is 3. The number of amides is 1. The number of carbonyl (C=O) groups is 1. The molecule has 1 aliphatic rings. The van der Waals surface area contributed by atoms with E-state index in [1.807, 2.05) is 11.8 Å². The van der Waals surface area contributed by atoms with Crippen molar-refractivity contribution < 1.29 is 18.0 Å². The molecule has 3 aromatic rings. The number of rotatable bonds is 7. The van der Waals surface area contributed by atoms with E-state index in [1.165, 1.54) is 29.4 Å². The zero-order valence-electron chi connectivity index (χ0n) is 20.3. The second-order valence-corrected chi connectivity index (χ2v) is 9.33. The summed E-state index contributed by atoms with van der Waals surface area (Å²) in [6.07, 6.45) is -0.479. The lowest BCUT2D eigenvalue weighted by atomic mass is 10.1. The van der Waals surface area contributed by atoms with Gasteiger partial charge >= 0.3 is 6.18 Å². The van der Waals surface area contributed by atoms with Gasteiger partial charge in [0.2, 0.25) is 0 Å². The first-order chi connectivity index (χ1) is 17.4. The summed E-state index contributed by atoms with van der Waals surface area (Å²) in [6.45, 7) is 3.90. The van der Waals surface area contributed by atoms with E-state index >= 15 is 0 Å². The molecule has 12 heteroatoms. The van der Waals surface area contributed by atoms with Crippen molar-refractivity contribution in [3.63, 3.8) is 0 Å². The summed E-state index contributed by atoms with van der Waals surface area (Å²) in [5.41, 5.74) is 8.15. The molecule has 0 atom stereocenters. The minimum Gasteiger partial charge on any atom is -0.397 e. The van der Waals surface area contributed by atoms with Crippen molar-refractivity contribution in [3.8, 4) is 0 Å². The van der Waals surface area contributed by atoms with Gasteiger partial charge in [-0.1, -0.05) is 11.6 Å². The van der Waals surface area contributed by atoms with Crippen LogP contribution in [0.15, 0.2) is 48.8 Å². The van der Waals surface area contributed by atoms with E-state index in [1.54, 1.807) is 24.0 Å². The maximum Gasteiger partial charge on any atom is 0.416 e. The Morgan fingerprint density at radius 1 is 1.24 bits per heavy atom. The molecule has 37 heavy (non-hydrogen) atoms. The van der Waals surface area contributed by atoms with Gasteiger partial charge in [-0.25, -0.2) is 5.84 Å². The largest absolute Gasteiger partial charge is 0.416 e. The molecule has 0 saturated carbocycles. The summed E-state index contributed by atoms with van der Waals surface area (Å²) in [7, 11) is 1.78. The van der Waals surface area contributed by atoms with Crippen LogP contribution >= 0.6 is 11.6 Å². The van der Waals surface area contributed by atoms with E-state index in [0.29, 0.717) is 23.4 Å². The van der Waals surface area contributed by atoms with E-state index < -0.39 is 17.6 Å². The van der Waals surface area contributed by atoms with Gasteiger partial charge in [-0.2, -0.15) is 18.3 Å². The molecule has 1 saturated heterocycles. The third-order valence-corrected chi connectivity index (χ3v) is 6.56. The minimum atomic E-state index is -4.54. The number of nitrogens with one attached hydrogen (secondary N) is 1. The highest BCUT2D eigenvalue weighted by molar-refractivity contribution is 6.33. The number of aromatic nitrogens is 2. The number of hydrogen-bond donors (Lipinski definition) is 3. The molecule has 2 aromatic carbocycles. The lowest BCUT2D eigenvalue weighted by molar-refractivity contribution is -0.137. The zero-order valence-corrected chi connectivity index (χ0v) is 21.1. The van der Waals surface area contributed by atoms with Crippen LogP contribution in [0, 0.1) is 6.92 Å². The van der Waals surface area contributed by atoms with Gasteiger partial charge in [0.1, 0.15) is 0 Å². The summed E-state index contributed by atoms with van der Waals surface area (Å²) >= 11 is 6.31. The lowest BCUT2D eigenvalue weighted by Gasteiger charge is -2.31. The quantitative estimate of drug-likeness (QED) is 0.305. The zero-order chi connectivity index (χ0) is 26.9. The number of aryl methyl sites for hydroxylation is 1. The standard InChI is InChI=1S/C25H27ClF3N7O/c1-15-20(12-32-34(15)2)22(30)14-36(31)23-10-17(4-5-21(23)26)24(37)33-19-9-16(13-35-6-3-7-35)8-18(11-19)25(27,28)29/h4-5,8-12,14H,3,6-7,13,30-31H2,1-2H3,(H,33,37)/b22-14-. The van der Waals surface area contributed by atoms with Gasteiger partial charge < -0.3 is 11.1 Å². The van der Waals surface area contributed by atoms with E-state index in [4.69, 9.17) is 23.2 Å². The second-order valence-electron chi connectivity index (χ2n) is 8.93. The average Bonchev–Trinajstić information content (AvgIpc) is 3.14. The van der Waals surface area contributed by atoms with E-state index in [0.717, 1.165) is 37.3 Å². The van der Waals surface area contributed by atoms with Gasteiger partial charge in [-0.3, -0.25) is 19.4 Å². The fourth-order valence-electron chi connectivity index (χ4n) is 3.94. The van der Waals surface area contributed by atoms with Crippen LogP contribution in [0.5, 0.6) is 0 Å². The lowest BCUT2D eigenvalue weighted by Crippen LogP contribution is -2.36. The van der Waals surface area contributed by atoms with Gasteiger partial charge in [-0.05, 0) is 68.4 Å². The van der Waals surface area contributed by atoms with Crippen LogP contribution in [0.1, 0.15) is 39.2 Å². The van der Waals surface area contributed by atoms with E-state index in [9.17, 15) is 18.0 Å². The van der Waals surface area contributed by atoms with Crippen LogP contribution in [0.25, 0.3) is 5.70 Å². The highest BCUT2D eigenvalue weighted by Gasteiger charge is 2.31. The maximum atomic E-state index is 13.5. The number of halogens is 4. The minimum absolute atomic E-state index is 0.0487. The molecule has 0 aliphatic carbocycles. The number of benzene rings is 2. The van der Waals surface area contributed by atoms with Crippen molar-refractivity contribution in [2.24, 2.45) is 18.6 Å². The Kier molecular flexibility index (Phi) is 7.49. The predicted molar refractivity (Wildman–Crippen MR) is 138 cm³/mol. The van der Waals surface area contributed by atoms with Gasteiger partial charge in [-0.15, -0.1) is 0 Å². The second kappa shape index (κ2) is 10.4. The number of hydrazine groups is 1. The molecule has 1 amide bonds. The molecule has 0 radical (unpaired) electrons. The number of nitrogens with zero attached hydrogens (tertiary/aromatic N) is 4. The number of hydrogen-bond acceptors (Lipinski definition) is 6. The Bertz CT molecular complexity index is 1350. The van der Waals surface area contributed by atoms with E-state index in [-0.39, 0.29) is 22.0 Å². The molecule has 0 spiro atoms. The van der Waals surface area contributed by atoms with Gasteiger partial charge in [0, 0.05) is 42.3 Å². The third-order valence-electron chi connectivity index (χ3n) is 6.24. The van der Waals surface area contributed by atoms with Crippen LogP contribution in [0.2, 0.25) is 5.02 Å². The Morgan fingerprint density at radius 3 is 2.57 bits per heavy atom. The molecule has 1 aliphatic heterocycles. The number of carbonyl (C=O) groups excluding carboxylic acids is 1. The van der Waals surface area contributed by atoms with Crippen molar-refractivity contribution in [2.45, 2.75) is 26.1 Å². The van der Waals surface area contributed by atoms with Gasteiger partial charge in [0.15, 0.2) is 0 Å². The highest BCUT2D eigenvalue weighted by Crippen LogP contribution is 2.33. The van der Waals surface area contributed by atoms with Crippen molar-refractivity contribution in [2.75, 3.05) is 23.4 Å². The summed E-state index contributed by atoms with van der Waals surface area (Å²) in [5.74, 6) is 5.56. The maximum absolute atomic E-state index is 13.5. The highest BCUT2D eigenvalue weighted by atomic mass is 35.5. The Balaban J connectivity index is 1.57. The number of likely N-dealkylation sites (tertiary alicyclic amines) is 1. The first-order valence-corrected chi connectivity index (χ1v) is 11.8. The van der Waals surface area contributed by atoms with Crippen LogP contribution in [0.4, 0.5) is 24.5 Å². The Morgan fingerprint density at radius 2 is 1.97 bits per heavy atom. The first-order valence-electron chi connectivity index (χ1n) is 11.5. The topological polar surface area (TPSA) is 105 Å². The van der Waals surface area contributed by atoms with Crippen LogP contribution in [-0.2, 0) is 19.8 Å². The summed E-state index contributed by atoms with van der Waals surface area (Å²) in [4.78, 5) is 15.0. The fourth-order valence-corrected chi connectivity index (χ4v) is 4.16. The average molecular weight is 534 g/mol.